The van der Waals surface area contributed by atoms with E-state index in [-0.39, 0.29) is 17.9 Å². The molecule has 1 N–H and O–H groups in total. The van der Waals surface area contributed by atoms with Crippen molar-refractivity contribution in [1.29, 1.82) is 0 Å². The summed E-state index contributed by atoms with van der Waals surface area (Å²) in [6.45, 7) is 4.91. The number of aromatic nitrogens is 5. The second-order valence-electron chi connectivity index (χ2n) is 9.20. The van der Waals surface area contributed by atoms with E-state index in [9.17, 15) is 19.5 Å². The molecule has 1 saturated heterocycles. The number of nitrogens with zero attached hydrogens (tertiary/aromatic N) is 6. The van der Waals surface area contributed by atoms with Crippen LogP contribution in [0.15, 0.2) is 35.3 Å². The summed E-state index contributed by atoms with van der Waals surface area (Å²) in [7, 11) is 1.79. The maximum Gasteiger partial charge on any atom is 0.304 e. The van der Waals surface area contributed by atoms with Gasteiger partial charge >= 0.3 is 5.97 Å². The van der Waals surface area contributed by atoms with E-state index in [1.165, 1.54) is 0 Å². The van der Waals surface area contributed by atoms with E-state index in [0.717, 1.165) is 36.2 Å². The lowest BCUT2D eigenvalue weighted by molar-refractivity contribution is -0.141. The minimum Gasteiger partial charge on any atom is -0.481 e. The third kappa shape index (κ3) is 5.22. The van der Waals surface area contributed by atoms with Gasteiger partial charge in [0, 0.05) is 31.8 Å². The topological polar surface area (TPSA) is 123 Å². The van der Waals surface area contributed by atoms with Gasteiger partial charge in [0.25, 0.3) is 5.56 Å². The summed E-state index contributed by atoms with van der Waals surface area (Å²) in [5, 5.41) is 17.7. The molecule has 1 aliphatic heterocycles. The van der Waals surface area contributed by atoms with Crippen molar-refractivity contribution in [2.45, 2.75) is 58.9 Å². The van der Waals surface area contributed by atoms with Gasteiger partial charge in [0.15, 0.2) is 0 Å². The smallest absolute Gasteiger partial charge is 0.304 e. The monoisotopic (exact) mass is 492 g/mol. The van der Waals surface area contributed by atoms with E-state index in [1.807, 2.05) is 31.3 Å². The fraction of sp³-hybridized carbons (Fsp3) is 0.462. The van der Waals surface area contributed by atoms with Crippen LogP contribution in [0.2, 0.25) is 0 Å². The lowest BCUT2D eigenvalue weighted by Crippen LogP contribution is -2.42. The molecule has 1 fully saturated rings. The summed E-state index contributed by atoms with van der Waals surface area (Å²) in [5.74, 6) is -1.65. The number of piperidine rings is 1. The molecule has 4 heterocycles. The van der Waals surface area contributed by atoms with Crippen molar-refractivity contribution in [3.05, 3.63) is 57.8 Å². The minimum atomic E-state index is -0.964. The molecular weight excluding hydrogens is 460 g/mol. The highest BCUT2D eigenvalue weighted by Crippen LogP contribution is 2.31. The molecule has 1 aliphatic rings. The molecule has 3 aromatic heterocycles. The fourth-order valence-electron chi connectivity index (χ4n) is 4.78. The molecule has 0 bridgehead atoms. The Morgan fingerprint density at radius 3 is 2.69 bits per heavy atom. The molecule has 4 rings (SSSR count). The third-order valence-electron chi connectivity index (χ3n) is 6.64. The van der Waals surface area contributed by atoms with Crippen LogP contribution in [0, 0.1) is 5.92 Å². The summed E-state index contributed by atoms with van der Waals surface area (Å²) in [4.78, 5) is 43.3. The van der Waals surface area contributed by atoms with Gasteiger partial charge in [0.2, 0.25) is 5.91 Å². The number of aliphatic carboxylic acids is 1. The van der Waals surface area contributed by atoms with E-state index in [0.29, 0.717) is 43.0 Å². The summed E-state index contributed by atoms with van der Waals surface area (Å²) in [5.41, 5.74) is 4.38. The van der Waals surface area contributed by atoms with Crippen molar-refractivity contribution in [2.75, 3.05) is 11.4 Å². The highest BCUT2D eigenvalue weighted by molar-refractivity contribution is 5.97. The molecule has 0 radical (unpaired) electrons. The first kappa shape index (κ1) is 25.3. The first-order valence-electron chi connectivity index (χ1n) is 12.4. The fourth-order valence-corrected chi connectivity index (χ4v) is 4.78. The molecule has 10 nitrogen and oxygen atoms in total. The Bertz CT molecular complexity index is 1330. The number of rotatable bonds is 9. The minimum absolute atomic E-state index is 0.0981. The number of anilines is 1. The van der Waals surface area contributed by atoms with Crippen LogP contribution in [0.5, 0.6) is 0 Å². The normalized spacial score (nSPS) is 15.9. The SMILES string of the molecule is CCCc1ccc(=O)n(Cc2c(-c3ccc(N4CCC[C@H](CC(=O)O)C4=O)c(CC)n3)nnn2C)c1. The van der Waals surface area contributed by atoms with Crippen molar-refractivity contribution >= 4 is 17.6 Å². The van der Waals surface area contributed by atoms with Gasteiger partial charge in [-0.05, 0) is 43.4 Å². The Kier molecular flexibility index (Phi) is 7.61. The molecule has 190 valence electrons. The molecule has 0 unspecified atom stereocenters. The van der Waals surface area contributed by atoms with Crippen LogP contribution in [0.1, 0.15) is 56.5 Å². The zero-order chi connectivity index (χ0) is 25.8. The number of carboxylic acid groups (broad SMARTS) is 1. The zero-order valence-electron chi connectivity index (χ0n) is 21.0. The van der Waals surface area contributed by atoms with Crippen molar-refractivity contribution in [1.82, 2.24) is 24.5 Å². The third-order valence-corrected chi connectivity index (χ3v) is 6.64. The van der Waals surface area contributed by atoms with Gasteiger partial charge in [-0.25, -0.2) is 9.67 Å². The summed E-state index contributed by atoms with van der Waals surface area (Å²) in [6.07, 6.45) is 5.51. The van der Waals surface area contributed by atoms with E-state index in [1.54, 1.807) is 27.3 Å². The number of hydrogen-bond acceptors (Lipinski definition) is 6. The van der Waals surface area contributed by atoms with Gasteiger partial charge in [-0.3, -0.25) is 14.4 Å². The molecule has 3 aromatic rings. The highest BCUT2D eigenvalue weighted by Gasteiger charge is 2.32. The van der Waals surface area contributed by atoms with Crippen LogP contribution >= 0.6 is 0 Å². The van der Waals surface area contributed by atoms with Crippen LogP contribution < -0.4 is 10.5 Å². The Hall–Kier alpha value is -3.82. The summed E-state index contributed by atoms with van der Waals surface area (Å²) >= 11 is 0. The molecular formula is C26H32N6O4. The number of carboxylic acids is 1. The number of amides is 1. The van der Waals surface area contributed by atoms with E-state index in [2.05, 4.69) is 17.2 Å². The number of pyridine rings is 2. The van der Waals surface area contributed by atoms with Crippen LogP contribution in [-0.2, 0) is 36.0 Å². The maximum atomic E-state index is 13.0. The average Bonchev–Trinajstić information content (AvgIpc) is 3.22. The van der Waals surface area contributed by atoms with Crippen LogP contribution in [0.4, 0.5) is 5.69 Å². The van der Waals surface area contributed by atoms with Gasteiger partial charge in [-0.1, -0.05) is 31.5 Å². The highest BCUT2D eigenvalue weighted by atomic mass is 16.4. The second-order valence-corrected chi connectivity index (χ2v) is 9.20. The molecule has 0 saturated carbocycles. The Labute approximate surface area is 209 Å². The molecule has 1 amide bonds. The lowest BCUT2D eigenvalue weighted by Gasteiger charge is -2.32. The Balaban J connectivity index is 1.66. The number of carbonyl (C=O) groups excluding carboxylic acids is 1. The molecule has 36 heavy (non-hydrogen) atoms. The van der Waals surface area contributed by atoms with Gasteiger partial charge in [-0.15, -0.1) is 5.10 Å². The van der Waals surface area contributed by atoms with E-state index >= 15 is 0 Å². The van der Waals surface area contributed by atoms with Gasteiger partial charge < -0.3 is 14.6 Å². The summed E-state index contributed by atoms with van der Waals surface area (Å²) < 4.78 is 3.32. The Morgan fingerprint density at radius 1 is 1.17 bits per heavy atom. The maximum absolute atomic E-state index is 13.0. The van der Waals surface area contributed by atoms with E-state index in [4.69, 9.17) is 4.98 Å². The van der Waals surface area contributed by atoms with Gasteiger partial charge in [0.1, 0.15) is 5.69 Å². The predicted molar refractivity (Wildman–Crippen MR) is 135 cm³/mol. The predicted octanol–water partition coefficient (Wildman–Crippen LogP) is 2.82. The van der Waals surface area contributed by atoms with Gasteiger partial charge in [0.05, 0.1) is 35.7 Å². The number of carbonyl (C=O) groups is 2. The second kappa shape index (κ2) is 10.8. The van der Waals surface area contributed by atoms with Crippen molar-refractivity contribution < 1.29 is 14.7 Å². The quantitative estimate of drug-likeness (QED) is 0.487. The standard InChI is InChI=1S/C26H32N6O4/c1-4-7-17-9-12-23(33)31(15-17)16-22-25(28-29-30(22)3)20-10-11-21(19(5-2)27-20)32-13-6-8-18(26(32)36)14-24(34)35/h9-12,15,18H,4-8,13-14,16H2,1-3H3,(H,34,35)/t18-/m1/s1. The molecule has 10 heteroatoms. The number of aryl methyl sites for hydroxylation is 3. The van der Waals surface area contributed by atoms with Crippen molar-refractivity contribution in [3.63, 3.8) is 0 Å². The van der Waals surface area contributed by atoms with E-state index < -0.39 is 11.9 Å². The molecule has 0 aromatic carbocycles. The van der Waals surface area contributed by atoms with Gasteiger partial charge in [-0.2, -0.15) is 0 Å². The zero-order valence-corrected chi connectivity index (χ0v) is 21.0. The molecule has 0 aliphatic carbocycles. The van der Waals surface area contributed by atoms with Crippen LogP contribution in [-0.4, -0.2) is 48.1 Å². The molecule has 0 spiro atoms. The lowest BCUT2D eigenvalue weighted by atomic mass is 9.93. The summed E-state index contributed by atoms with van der Waals surface area (Å²) in [6, 6.07) is 7.12. The number of hydrogen-bond donors (Lipinski definition) is 1. The molecule has 1 atom stereocenters. The first-order valence-corrected chi connectivity index (χ1v) is 12.4. The van der Waals surface area contributed by atoms with Crippen molar-refractivity contribution in [3.8, 4) is 11.4 Å². The average molecular weight is 493 g/mol. The first-order chi connectivity index (χ1) is 17.3. The van der Waals surface area contributed by atoms with Crippen LogP contribution in [0.3, 0.4) is 0 Å². The van der Waals surface area contributed by atoms with Crippen molar-refractivity contribution in [2.24, 2.45) is 13.0 Å². The Morgan fingerprint density at radius 2 is 1.97 bits per heavy atom. The van der Waals surface area contributed by atoms with Crippen LogP contribution in [0.25, 0.3) is 11.4 Å². The largest absolute Gasteiger partial charge is 0.481 e.